The van der Waals surface area contributed by atoms with Crippen LogP contribution in [0.2, 0.25) is 0 Å². The molecule has 0 saturated heterocycles. The molecule has 0 atom stereocenters. The van der Waals surface area contributed by atoms with Gasteiger partial charge in [-0.3, -0.25) is 0 Å². The van der Waals surface area contributed by atoms with Crippen LogP contribution in [0.15, 0.2) is 60.7 Å². The second kappa shape index (κ2) is 12.8. The van der Waals surface area contributed by atoms with E-state index in [1.807, 2.05) is 74.6 Å². The van der Waals surface area contributed by atoms with Crippen LogP contribution >= 0.6 is 0 Å². The summed E-state index contributed by atoms with van der Waals surface area (Å²) in [6.45, 7) is 4.38. The molecule has 2 heterocycles. The average molecular weight is 487 g/mol. The molecular weight excluding hydrogens is 456 g/mol. The van der Waals surface area contributed by atoms with Crippen molar-refractivity contribution in [2.24, 2.45) is 0 Å². The van der Waals surface area contributed by atoms with Crippen LogP contribution in [0.1, 0.15) is 5.82 Å². The number of aryl methyl sites for hydroxylation is 1. The van der Waals surface area contributed by atoms with Crippen molar-refractivity contribution < 1.29 is 0 Å². The summed E-state index contributed by atoms with van der Waals surface area (Å²) < 4.78 is 0. The lowest BCUT2D eigenvalue weighted by Gasteiger charge is -2.12. The van der Waals surface area contributed by atoms with Gasteiger partial charge in [-0.15, -0.1) is 0 Å². The van der Waals surface area contributed by atoms with Gasteiger partial charge in [0.05, 0.1) is 0 Å². The molecule has 12 heteroatoms. The molecule has 0 saturated carbocycles. The molecule has 36 heavy (non-hydrogen) atoms. The first-order chi connectivity index (χ1) is 17.7. The molecule has 0 fully saturated rings. The van der Waals surface area contributed by atoms with Gasteiger partial charge in [-0.25, -0.2) is 0 Å². The van der Waals surface area contributed by atoms with E-state index >= 15 is 0 Å². The predicted molar refractivity (Wildman–Crippen MR) is 143 cm³/mol. The summed E-state index contributed by atoms with van der Waals surface area (Å²) in [6, 6.07) is 19.5. The van der Waals surface area contributed by atoms with Crippen molar-refractivity contribution in [3.05, 3.63) is 66.5 Å². The Bertz CT molecular complexity index is 1220. The van der Waals surface area contributed by atoms with E-state index in [0.717, 1.165) is 17.9 Å². The van der Waals surface area contributed by atoms with Gasteiger partial charge in [0.15, 0.2) is 0 Å². The zero-order valence-electron chi connectivity index (χ0n) is 20.3. The van der Waals surface area contributed by atoms with Gasteiger partial charge in [0, 0.05) is 37.6 Å². The third-order valence-corrected chi connectivity index (χ3v) is 4.79. The molecule has 0 aliphatic carbocycles. The van der Waals surface area contributed by atoms with E-state index in [0.29, 0.717) is 55.2 Å². The van der Waals surface area contributed by atoms with Crippen LogP contribution < -0.4 is 31.9 Å². The first kappa shape index (κ1) is 24.5. The molecule has 0 spiro atoms. The lowest BCUT2D eigenvalue weighted by atomic mass is 10.3. The predicted octanol–water partition coefficient (Wildman–Crippen LogP) is 3.01. The molecule has 4 rings (SSSR count). The Hall–Kier alpha value is -4.58. The highest BCUT2D eigenvalue weighted by Gasteiger charge is 2.08. The van der Waals surface area contributed by atoms with Gasteiger partial charge in [-0.05, 0) is 38.2 Å². The van der Waals surface area contributed by atoms with Crippen LogP contribution in [0.5, 0.6) is 0 Å². The molecular formula is C24H30N12. The Morgan fingerprint density at radius 3 is 1.39 bits per heavy atom. The van der Waals surface area contributed by atoms with E-state index in [-0.39, 0.29) is 0 Å². The Morgan fingerprint density at radius 2 is 0.889 bits per heavy atom. The Kier molecular flexibility index (Phi) is 8.70. The van der Waals surface area contributed by atoms with Crippen LogP contribution in [-0.2, 0) is 0 Å². The topological polar surface area (TPSA) is 150 Å². The fourth-order valence-corrected chi connectivity index (χ4v) is 3.16. The van der Waals surface area contributed by atoms with Crippen molar-refractivity contribution in [2.75, 3.05) is 59.8 Å². The second-order valence-electron chi connectivity index (χ2n) is 7.70. The summed E-state index contributed by atoms with van der Waals surface area (Å²) in [7, 11) is 1.89. The summed E-state index contributed by atoms with van der Waals surface area (Å²) in [5.74, 6) is 2.97. The number of nitrogens with zero attached hydrogens (tertiary/aromatic N) is 6. The molecule has 0 aliphatic rings. The molecule has 12 nitrogen and oxygen atoms in total. The Morgan fingerprint density at radius 1 is 0.500 bits per heavy atom. The van der Waals surface area contributed by atoms with E-state index < -0.39 is 0 Å². The molecule has 0 radical (unpaired) electrons. The number of benzene rings is 2. The van der Waals surface area contributed by atoms with Gasteiger partial charge >= 0.3 is 0 Å². The maximum Gasteiger partial charge on any atom is 0.233 e. The minimum Gasteiger partial charge on any atom is -0.353 e. The normalized spacial score (nSPS) is 10.5. The first-order valence-electron chi connectivity index (χ1n) is 11.7. The fraction of sp³-hybridized carbons (Fsp3) is 0.250. The maximum absolute atomic E-state index is 4.50. The van der Waals surface area contributed by atoms with Crippen molar-refractivity contribution in [2.45, 2.75) is 6.92 Å². The van der Waals surface area contributed by atoms with Gasteiger partial charge in [0.25, 0.3) is 0 Å². The van der Waals surface area contributed by atoms with Crippen molar-refractivity contribution in [3.8, 4) is 0 Å². The highest BCUT2D eigenvalue weighted by atomic mass is 15.3. The lowest BCUT2D eigenvalue weighted by molar-refractivity contribution is 0.816. The third kappa shape index (κ3) is 7.74. The SMILES string of the molecule is CNCCNc1nc(NCCNc2nc(C)nc(Nc3ccccc3)n2)nc(Nc2ccccc2)n1. The van der Waals surface area contributed by atoms with Crippen molar-refractivity contribution >= 4 is 41.1 Å². The monoisotopic (exact) mass is 486 g/mol. The highest BCUT2D eigenvalue weighted by molar-refractivity contribution is 5.55. The van der Waals surface area contributed by atoms with Gasteiger partial charge < -0.3 is 31.9 Å². The van der Waals surface area contributed by atoms with E-state index in [1.54, 1.807) is 0 Å². The highest BCUT2D eigenvalue weighted by Crippen LogP contribution is 2.16. The molecule has 4 aromatic rings. The number of aromatic nitrogens is 6. The van der Waals surface area contributed by atoms with Gasteiger partial charge in [0.1, 0.15) is 5.82 Å². The van der Waals surface area contributed by atoms with Crippen LogP contribution in [0.4, 0.5) is 41.1 Å². The van der Waals surface area contributed by atoms with Crippen LogP contribution in [0.3, 0.4) is 0 Å². The number of rotatable bonds is 13. The number of hydrogen-bond donors (Lipinski definition) is 6. The van der Waals surface area contributed by atoms with Gasteiger partial charge in [-0.2, -0.15) is 29.9 Å². The average Bonchev–Trinajstić information content (AvgIpc) is 2.88. The van der Waals surface area contributed by atoms with E-state index in [1.165, 1.54) is 0 Å². The lowest BCUT2D eigenvalue weighted by Crippen LogP contribution is -2.21. The molecule has 186 valence electrons. The van der Waals surface area contributed by atoms with Crippen molar-refractivity contribution in [1.82, 2.24) is 35.2 Å². The number of likely N-dealkylation sites (N-methyl/N-ethyl adjacent to an activating group) is 1. The molecule has 0 amide bonds. The van der Waals surface area contributed by atoms with E-state index in [4.69, 9.17) is 0 Å². The summed E-state index contributed by atoms with van der Waals surface area (Å²) in [5, 5.41) is 19.2. The fourth-order valence-electron chi connectivity index (χ4n) is 3.16. The number of hydrogen-bond acceptors (Lipinski definition) is 12. The van der Waals surface area contributed by atoms with Crippen LogP contribution in [0.25, 0.3) is 0 Å². The minimum atomic E-state index is 0.448. The largest absolute Gasteiger partial charge is 0.353 e. The molecule has 0 unspecified atom stereocenters. The van der Waals surface area contributed by atoms with Crippen LogP contribution in [-0.4, -0.2) is 63.1 Å². The van der Waals surface area contributed by atoms with Crippen LogP contribution in [0, 0.1) is 6.92 Å². The molecule has 2 aromatic heterocycles. The minimum absolute atomic E-state index is 0.448. The van der Waals surface area contributed by atoms with Gasteiger partial charge in [0.2, 0.25) is 29.7 Å². The van der Waals surface area contributed by atoms with Crippen molar-refractivity contribution in [3.63, 3.8) is 0 Å². The van der Waals surface area contributed by atoms with E-state index in [9.17, 15) is 0 Å². The number of nitrogens with one attached hydrogen (secondary N) is 6. The smallest absolute Gasteiger partial charge is 0.233 e. The number of anilines is 7. The summed E-state index contributed by atoms with van der Waals surface area (Å²) >= 11 is 0. The first-order valence-corrected chi connectivity index (χ1v) is 11.7. The molecule has 2 aromatic carbocycles. The Labute approximate surface area is 209 Å². The maximum atomic E-state index is 4.50. The Balaban J connectivity index is 1.36. The summed E-state index contributed by atoms with van der Waals surface area (Å²) in [5.41, 5.74) is 1.80. The van der Waals surface area contributed by atoms with Crippen molar-refractivity contribution in [1.29, 1.82) is 0 Å². The quantitative estimate of drug-likeness (QED) is 0.154. The molecule has 0 bridgehead atoms. The number of para-hydroxylation sites is 2. The van der Waals surface area contributed by atoms with E-state index in [2.05, 4.69) is 61.8 Å². The standard InChI is InChI=1S/C24H30N12/c1-17-29-20(34-23(30-17)31-18-9-5-3-6-10-18)27-15-16-28-22-33-21(26-14-13-25-2)35-24(36-22)32-19-11-7-4-8-12-19/h3-12,25H,13-16H2,1-2H3,(H2,27,29,30,31,34)(H3,26,28,32,33,35,36). The molecule has 6 N–H and O–H groups in total. The molecule has 0 aliphatic heterocycles. The second-order valence-corrected chi connectivity index (χ2v) is 7.70. The summed E-state index contributed by atoms with van der Waals surface area (Å²) in [4.78, 5) is 26.6. The van der Waals surface area contributed by atoms with Gasteiger partial charge in [-0.1, -0.05) is 36.4 Å². The zero-order chi connectivity index (χ0) is 25.0. The zero-order valence-corrected chi connectivity index (χ0v) is 20.3. The third-order valence-electron chi connectivity index (χ3n) is 4.79. The summed E-state index contributed by atoms with van der Waals surface area (Å²) in [6.07, 6.45) is 0.